The number of hydrogen-bond donors (Lipinski definition) is 0. The summed E-state index contributed by atoms with van der Waals surface area (Å²) in [5.74, 6) is -0.249. The molecule has 1 atom stereocenters. The summed E-state index contributed by atoms with van der Waals surface area (Å²) in [5.41, 5.74) is 1.29. The highest BCUT2D eigenvalue weighted by Crippen LogP contribution is 2.29. The van der Waals surface area contributed by atoms with Crippen LogP contribution in [-0.4, -0.2) is 24.5 Å². The quantitative estimate of drug-likeness (QED) is 0.584. The smallest absolute Gasteiger partial charge is 0.307 e. The molecule has 1 unspecified atom stereocenters. The van der Waals surface area contributed by atoms with E-state index in [9.17, 15) is 4.79 Å². The lowest BCUT2D eigenvalue weighted by atomic mass is 10.1. The van der Waals surface area contributed by atoms with Crippen LogP contribution in [0.2, 0.25) is 0 Å². The van der Waals surface area contributed by atoms with E-state index in [2.05, 4.69) is 24.2 Å². The van der Waals surface area contributed by atoms with Crippen LogP contribution in [0, 0.1) is 0 Å². The van der Waals surface area contributed by atoms with Crippen LogP contribution in [0.1, 0.15) is 31.4 Å². The van der Waals surface area contributed by atoms with Crippen molar-refractivity contribution >= 4 is 5.97 Å². The Hall–Kier alpha value is -1.42. The standard InChI is InChI=1S/C13H19N2O2/c1-11(16)17-10-15-8-3-5-12(9-15)13-6-4-7-14(13)2/h3,5,8-9,13H,4,6-7,10H2,1-2H3/q+1. The third kappa shape index (κ3) is 3.03. The first-order valence-corrected chi connectivity index (χ1v) is 5.99. The Morgan fingerprint density at radius 1 is 1.65 bits per heavy atom. The SMILES string of the molecule is CC(=O)OC[n+]1cccc(C2CCCN2C)c1. The van der Waals surface area contributed by atoms with Gasteiger partial charge in [0.25, 0.3) is 6.73 Å². The zero-order valence-corrected chi connectivity index (χ0v) is 10.4. The van der Waals surface area contributed by atoms with Crippen molar-refractivity contribution in [2.45, 2.75) is 32.5 Å². The minimum Gasteiger partial charge on any atom is -0.405 e. The molecule has 2 heterocycles. The molecule has 1 aliphatic rings. The topological polar surface area (TPSA) is 33.4 Å². The number of carbonyl (C=O) groups is 1. The molecule has 0 bridgehead atoms. The molecule has 1 aliphatic heterocycles. The second-order valence-electron chi connectivity index (χ2n) is 4.56. The predicted molar refractivity (Wildman–Crippen MR) is 63.0 cm³/mol. The molecule has 1 aromatic heterocycles. The zero-order chi connectivity index (χ0) is 12.3. The van der Waals surface area contributed by atoms with E-state index >= 15 is 0 Å². The maximum atomic E-state index is 10.8. The summed E-state index contributed by atoms with van der Waals surface area (Å²) < 4.78 is 6.89. The number of esters is 1. The Kier molecular flexibility index (Phi) is 3.74. The number of ether oxygens (including phenoxy) is 1. The highest BCUT2D eigenvalue weighted by atomic mass is 16.5. The van der Waals surface area contributed by atoms with Gasteiger partial charge >= 0.3 is 5.97 Å². The molecular weight excluding hydrogens is 216 g/mol. The van der Waals surface area contributed by atoms with Crippen LogP contribution < -0.4 is 4.57 Å². The van der Waals surface area contributed by atoms with E-state index < -0.39 is 0 Å². The van der Waals surface area contributed by atoms with Gasteiger partial charge in [0.15, 0.2) is 12.4 Å². The molecule has 92 valence electrons. The fourth-order valence-corrected chi connectivity index (χ4v) is 2.32. The predicted octanol–water partition coefficient (Wildman–Crippen LogP) is 1.26. The number of hydrogen-bond acceptors (Lipinski definition) is 3. The minimum atomic E-state index is -0.249. The maximum Gasteiger partial charge on any atom is 0.307 e. The van der Waals surface area contributed by atoms with Gasteiger partial charge in [0.05, 0.1) is 0 Å². The fourth-order valence-electron chi connectivity index (χ4n) is 2.32. The summed E-state index contributed by atoms with van der Waals surface area (Å²) in [6, 6.07) is 4.64. The van der Waals surface area contributed by atoms with Gasteiger partial charge in [-0.2, -0.15) is 4.57 Å². The van der Waals surface area contributed by atoms with Gasteiger partial charge in [0.1, 0.15) is 0 Å². The van der Waals surface area contributed by atoms with E-state index in [0.29, 0.717) is 12.8 Å². The van der Waals surface area contributed by atoms with Crippen molar-refractivity contribution in [3.05, 3.63) is 30.1 Å². The van der Waals surface area contributed by atoms with Crippen molar-refractivity contribution in [2.24, 2.45) is 0 Å². The van der Waals surface area contributed by atoms with Crippen LogP contribution in [0.15, 0.2) is 24.5 Å². The number of aromatic nitrogens is 1. The number of carbonyl (C=O) groups excluding carboxylic acids is 1. The third-order valence-corrected chi connectivity index (χ3v) is 3.20. The molecule has 1 aromatic rings. The van der Waals surface area contributed by atoms with Gasteiger partial charge in [-0.1, -0.05) is 0 Å². The molecule has 4 heteroatoms. The second-order valence-corrected chi connectivity index (χ2v) is 4.56. The lowest BCUT2D eigenvalue weighted by Crippen LogP contribution is -2.36. The van der Waals surface area contributed by atoms with E-state index in [1.54, 1.807) is 0 Å². The Bertz CT molecular complexity index is 406. The van der Waals surface area contributed by atoms with Crippen molar-refractivity contribution < 1.29 is 14.1 Å². The van der Waals surface area contributed by atoms with Crippen molar-refractivity contribution in [1.82, 2.24) is 4.90 Å². The van der Waals surface area contributed by atoms with Crippen LogP contribution in [-0.2, 0) is 16.3 Å². The van der Waals surface area contributed by atoms with Crippen molar-refractivity contribution in [3.8, 4) is 0 Å². The first-order chi connectivity index (χ1) is 8.16. The molecule has 4 nitrogen and oxygen atoms in total. The molecular formula is C13H19N2O2+. The molecule has 0 N–H and O–H groups in total. The normalized spacial score (nSPS) is 20.5. The molecule has 0 aliphatic carbocycles. The Morgan fingerprint density at radius 2 is 2.47 bits per heavy atom. The van der Waals surface area contributed by atoms with Crippen LogP contribution in [0.25, 0.3) is 0 Å². The fraction of sp³-hybridized carbons (Fsp3) is 0.538. The molecule has 0 aromatic carbocycles. The number of pyridine rings is 1. The van der Waals surface area contributed by atoms with Crippen molar-refractivity contribution in [1.29, 1.82) is 0 Å². The summed E-state index contributed by atoms with van der Waals surface area (Å²) in [4.78, 5) is 13.1. The molecule has 1 saturated heterocycles. The molecule has 2 rings (SSSR count). The average molecular weight is 235 g/mol. The summed E-state index contributed by atoms with van der Waals surface area (Å²) in [6.07, 6.45) is 6.44. The van der Waals surface area contributed by atoms with Gasteiger partial charge in [-0.25, -0.2) is 0 Å². The largest absolute Gasteiger partial charge is 0.405 e. The lowest BCUT2D eigenvalue weighted by Gasteiger charge is -2.18. The van der Waals surface area contributed by atoms with Crippen LogP contribution in [0.4, 0.5) is 0 Å². The van der Waals surface area contributed by atoms with E-state index in [-0.39, 0.29) is 5.97 Å². The van der Waals surface area contributed by atoms with Gasteiger partial charge in [-0.15, -0.1) is 0 Å². The highest BCUT2D eigenvalue weighted by molar-refractivity contribution is 5.65. The Balaban J connectivity index is 2.08. The number of rotatable bonds is 3. The number of nitrogens with zero attached hydrogens (tertiary/aromatic N) is 2. The molecule has 0 radical (unpaired) electrons. The second kappa shape index (κ2) is 5.27. The molecule has 0 amide bonds. The number of likely N-dealkylation sites (tertiary alicyclic amines) is 1. The van der Waals surface area contributed by atoms with Gasteiger partial charge in [0.2, 0.25) is 0 Å². The molecule has 1 fully saturated rings. The summed E-state index contributed by atoms with van der Waals surface area (Å²) in [5, 5.41) is 0. The van der Waals surface area contributed by atoms with E-state index in [1.807, 2.05) is 16.8 Å². The zero-order valence-electron chi connectivity index (χ0n) is 10.4. The third-order valence-electron chi connectivity index (χ3n) is 3.20. The minimum absolute atomic E-state index is 0.249. The maximum absolute atomic E-state index is 10.8. The van der Waals surface area contributed by atoms with E-state index in [1.165, 1.54) is 25.3 Å². The first kappa shape index (κ1) is 12.0. The molecule has 17 heavy (non-hydrogen) atoms. The van der Waals surface area contributed by atoms with Gasteiger partial charge < -0.3 is 4.74 Å². The van der Waals surface area contributed by atoms with E-state index in [0.717, 1.165) is 6.54 Å². The van der Waals surface area contributed by atoms with Gasteiger partial charge in [-0.05, 0) is 32.5 Å². The monoisotopic (exact) mass is 235 g/mol. The van der Waals surface area contributed by atoms with Crippen molar-refractivity contribution in [3.63, 3.8) is 0 Å². The molecule has 0 spiro atoms. The van der Waals surface area contributed by atoms with Crippen molar-refractivity contribution in [2.75, 3.05) is 13.6 Å². The average Bonchev–Trinajstić information content (AvgIpc) is 2.73. The van der Waals surface area contributed by atoms with Crippen LogP contribution in [0.5, 0.6) is 0 Å². The van der Waals surface area contributed by atoms with Gasteiger partial charge in [0, 0.05) is 24.6 Å². The van der Waals surface area contributed by atoms with E-state index in [4.69, 9.17) is 4.74 Å². The first-order valence-electron chi connectivity index (χ1n) is 5.99. The van der Waals surface area contributed by atoms with Crippen LogP contribution >= 0.6 is 0 Å². The summed E-state index contributed by atoms with van der Waals surface area (Å²) in [7, 11) is 2.15. The Labute approximate surface area is 102 Å². The summed E-state index contributed by atoms with van der Waals surface area (Å²) >= 11 is 0. The molecule has 0 saturated carbocycles. The lowest BCUT2D eigenvalue weighted by molar-refractivity contribution is -0.728. The Morgan fingerprint density at radius 3 is 3.12 bits per heavy atom. The highest BCUT2D eigenvalue weighted by Gasteiger charge is 2.24. The van der Waals surface area contributed by atoms with Gasteiger partial charge in [-0.3, -0.25) is 9.69 Å². The van der Waals surface area contributed by atoms with Crippen LogP contribution in [0.3, 0.4) is 0 Å². The summed E-state index contributed by atoms with van der Waals surface area (Å²) in [6.45, 7) is 2.87.